The van der Waals surface area contributed by atoms with Crippen molar-refractivity contribution in [1.82, 2.24) is 9.55 Å². The summed E-state index contributed by atoms with van der Waals surface area (Å²) in [5.74, 6) is -0.897. The lowest BCUT2D eigenvalue weighted by Crippen LogP contribution is -2.50. The second kappa shape index (κ2) is 7.87. The number of nitro benzene ring substituents is 1. The minimum absolute atomic E-state index is 0.0166. The van der Waals surface area contributed by atoms with Gasteiger partial charge in [-0.05, 0) is 12.1 Å². The summed E-state index contributed by atoms with van der Waals surface area (Å²) in [7, 11) is 0. The van der Waals surface area contributed by atoms with Gasteiger partial charge in [0.15, 0.2) is 0 Å². The van der Waals surface area contributed by atoms with Gasteiger partial charge in [0.1, 0.15) is 31.0 Å². The molecule has 30 heavy (non-hydrogen) atoms. The van der Waals surface area contributed by atoms with Gasteiger partial charge in [0, 0.05) is 24.4 Å². The largest absolute Gasteiger partial charge is 0.459 e. The maximum atomic E-state index is 12.1. The number of aliphatic hydroxyl groups is 2. The van der Waals surface area contributed by atoms with Crippen molar-refractivity contribution in [3.8, 4) is 6.07 Å². The number of nitro groups is 1. The zero-order valence-electron chi connectivity index (χ0n) is 15.0. The van der Waals surface area contributed by atoms with E-state index in [-0.39, 0.29) is 11.3 Å². The Hall–Kier alpha value is -3.86. The number of carbonyl (C=O) groups is 1. The van der Waals surface area contributed by atoms with Crippen LogP contribution in [-0.2, 0) is 15.2 Å². The van der Waals surface area contributed by atoms with Crippen LogP contribution in [0.4, 0.5) is 5.69 Å². The lowest BCUT2D eigenvalue weighted by atomic mass is 10.0. The maximum absolute atomic E-state index is 12.1. The minimum atomic E-state index is -2.37. The van der Waals surface area contributed by atoms with E-state index in [4.69, 9.17) is 9.47 Å². The number of hydrogen-bond donors (Lipinski definition) is 3. The first-order chi connectivity index (χ1) is 14.2. The predicted octanol–water partition coefficient (Wildman–Crippen LogP) is -1.40. The number of aliphatic hydroxyl groups excluding tert-OH is 2. The van der Waals surface area contributed by atoms with Gasteiger partial charge in [0.05, 0.1) is 10.5 Å². The average molecular weight is 418 g/mol. The summed E-state index contributed by atoms with van der Waals surface area (Å²) in [5.41, 5.74) is -4.42. The van der Waals surface area contributed by atoms with Crippen molar-refractivity contribution in [1.29, 1.82) is 5.26 Å². The Balaban J connectivity index is 1.77. The maximum Gasteiger partial charge on any atom is 0.338 e. The summed E-state index contributed by atoms with van der Waals surface area (Å²) in [4.78, 5) is 47.3. The van der Waals surface area contributed by atoms with E-state index in [1.54, 1.807) is 6.07 Å². The molecule has 1 saturated heterocycles. The summed E-state index contributed by atoms with van der Waals surface area (Å²) in [5, 5.41) is 40.8. The average Bonchev–Trinajstić information content (AvgIpc) is 2.97. The molecule has 0 saturated carbocycles. The zero-order chi connectivity index (χ0) is 22.1. The first-order valence-electron chi connectivity index (χ1n) is 8.39. The van der Waals surface area contributed by atoms with E-state index < -0.39 is 52.8 Å². The van der Waals surface area contributed by atoms with Gasteiger partial charge in [0.25, 0.3) is 17.0 Å². The summed E-state index contributed by atoms with van der Waals surface area (Å²) < 4.78 is 11.0. The predicted molar refractivity (Wildman–Crippen MR) is 95.2 cm³/mol. The molecule has 0 bridgehead atoms. The number of rotatable bonds is 5. The minimum Gasteiger partial charge on any atom is -0.459 e. The molecule has 156 valence electrons. The molecule has 1 fully saturated rings. The molecule has 13 nitrogen and oxygen atoms in total. The van der Waals surface area contributed by atoms with Crippen LogP contribution in [0.3, 0.4) is 0 Å². The van der Waals surface area contributed by atoms with Crippen LogP contribution in [-0.4, -0.2) is 55.6 Å². The Bertz CT molecular complexity index is 1130. The smallest absolute Gasteiger partial charge is 0.338 e. The molecule has 2 heterocycles. The molecule has 13 heteroatoms. The van der Waals surface area contributed by atoms with Crippen LogP contribution in [0, 0.1) is 21.4 Å². The molecule has 1 aliphatic rings. The molecule has 0 aliphatic carbocycles. The number of nitrogens with one attached hydrogen (secondary N) is 1. The number of carbonyl (C=O) groups excluding carboxylic acids is 1. The lowest BCUT2D eigenvalue weighted by molar-refractivity contribution is -0.384. The Morgan fingerprint density at radius 1 is 1.33 bits per heavy atom. The van der Waals surface area contributed by atoms with E-state index in [9.17, 15) is 40.0 Å². The fraction of sp³-hybridized carbons (Fsp3) is 0.294. The number of aromatic amines is 1. The van der Waals surface area contributed by atoms with Crippen LogP contribution in [0.25, 0.3) is 0 Å². The number of H-pyrrole nitrogens is 1. The van der Waals surface area contributed by atoms with Crippen molar-refractivity contribution in [3.63, 3.8) is 0 Å². The van der Waals surface area contributed by atoms with Gasteiger partial charge in [-0.3, -0.25) is 24.5 Å². The molecule has 4 unspecified atom stereocenters. The third-order valence-corrected chi connectivity index (χ3v) is 4.47. The standard InChI is InChI=1S/C17H14N4O9/c18-8-17(20-6-5-12(22)19-16(20)26)14(24)13(23)11(30-17)7-29-15(25)9-1-3-10(4-2-9)21(27)28/h1-6,11,13-14,23-24H,7H2,(H,19,22,26). The van der Waals surface area contributed by atoms with Crippen molar-refractivity contribution in [3.05, 3.63) is 73.0 Å². The quantitative estimate of drug-likeness (QED) is 0.295. The van der Waals surface area contributed by atoms with Crippen LogP contribution < -0.4 is 11.2 Å². The van der Waals surface area contributed by atoms with Crippen molar-refractivity contribution in [2.24, 2.45) is 0 Å². The van der Waals surface area contributed by atoms with Crippen LogP contribution >= 0.6 is 0 Å². The zero-order valence-corrected chi connectivity index (χ0v) is 15.0. The number of ether oxygens (including phenoxy) is 2. The normalized spacial score (nSPS) is 25.4. The second-order valence-corrected chi connectivity index (χ2v) is 6.28. The molecule has 1 aromatic heterocycles. The summed E-state index contributed by atoms with van der Waals surface area (Å²) in [6.45, 7) is -0.602. The van der Waals surface area contributed by atoms with Crippen LogP contribution in [0.1, 0.15) is 10.4 Å². The summed E-state index contributed by atoms with van der Waals surface area (Å²) in [6, 6.07) is 7.06. The van der Waals surface area contributed by atoms with Gasteiger partial charge in [-0.1, -0.05) is 0 Å². The number of benzene rings is 1. The first-order valence-corrected chi connectivity index (χ1v) is 8.39. The SMILES string of the molecule is N#CC1(n2ccc(=O)[nH]c2=O)OC(COC(=O)c2ccc([N+](=O)[O-])cc2)C(O)C1O. The molecule has 3 rings (SSSR count). The number of non-ortho nitro benzene ring substituents is 1. The van der Waals surface area contributed by atoms with E-state index in [1.807, 2.05) is 4.98 Å². The second-order valence-electron chi connectivity index (χ2n) is 6.28. The summed E-state index contributed by atoms with van der Waals surface area (Å²) >= 11 is 0. The monoisotopic (exact) mass is 418 g/mol. The van der Waals surface area contributed by atoms with E-state index in [2.05, 4.69) is 0 Å². The molecule has 4 atom stereocenters. The lowest BCUT2D eigenvalue weighted by Gasteiger charge is -2.26. The highest BCUT2D eigenvalue weighted by atomic mass is 16.6. The fourth-order valence-electron chi connectivity index (χ4n) is 2.92. The molecule has 2 aromatic rings. The van der Waals surface area contributed by atoms with Gasteiger partial charge in [0.2, 0.25) is 0 Å². The Morgan fingerprint density at radius 3 is 2.57 bits per heavy atom. The Labute approximate surface area is 166 Å². The van der Waals surface area contributed by atoms with Crippen LogP contribution in [0.15, 0.2) is 46.1 Å². The highest BCUT2D eigenvalue weighted by Gasteiger charge is 2.57. The van der Waals surface area contributed by atoms with Crippen molar-refractivity contribution in [2.45, 2.75) is 24.0 Å². The van der Waals surface area contributed by atoms with Gasteiger partial charge < -0.3 is 19.7 Å². The number of esters is 1. The molecule has 1 aliphatic heterocycles. The first kappa shape index (κ1) is 20.9. The molecule has 3 N–H and O–H groups in total. The third-order valence-electron chi connectivity index (χ3n) is 4.47. The van der Waals surface area contributed by atoms with Crippen LogP contribution in [0.2, 0.25) is 0 Å². The third kappa shape index (κ3) is 3.57. The molecule has 1 aromatic carbocycles. The summed E-state index contributed by atoms with van der Waals surface area (Å²) in [6.07, 6.45) is -4.09. The topological polar surface area (TPSA) is 198 Å². The Kier molecular flexibility index (Phi) is 5.47. The molecule has 0 spiro atoms. The van der Waals surface area contributed by atoms with Crippen LogP contribution in [0.5, 0.6) is 0 Å². The van der Waals surface area contributed by atoms with Crippen molar-refractivity contribution < 1.29 is 29.4 Å². The molecular formula is C17H14N4O9. The van der Waals surface area contributed by atoms with E-state index in [1.165, 1.54) is 12.1 Å². The van der Waals surface area contributed by atoms with E-state index in [0.717, 1.165) is 24.4 Å². The van der Waals surface area contributed by atoms with Gasteiger partial charge >= 0.3 is 11.7 Å². The fourth-order valence-corrected chi connectivity index (χ4v) is 2.92. The number of hydrogen-bond acceptors (Lipinski definition) is 10. The number of aromatic nitrogens is 2. The van der Waals surface area contributed by atoms with Gasteiger partial charge in [-0.25, -0.2) is 9.59 Å². The van der Waals surface area contributed by atoms with Gasteiger partial charge in [-0.2, -0.15) is 5.26 Å². The van der Waals surface area contributed by atoms with Crippen molar-refractivity contribution in [2.75, 3.05) is 6.61 Å². The highest BCUT2D eigenvalue weighted by molar-refractivity contribution is 5.89. The van der Waals surface area contributed by atoms with Crippen molar-refractivity contribution >= 4 is 11.7 Å². The van der Waals surface area contributed by atoms with E-state index >= 15 is 0 Å². The molecule has 0 amide bonds. The van der Waals surface area contributed by atoms with Gasteiger partial charge in [-0.15, -0.1) is 0 Å². The Morgan fingerprint density at radius 2 is 2.00 bits per heavy atom. The van der Waals surface area contributed by atoms with E-state index in [0.29, 0.717) is 4.57 Å². The molecular weight excluding hydrogens is 404 g/mol. The highest BCUT2D eigenvalue weighted by Crippen LogP contribution is 2.34. The number of nitriles is 1. The molecule has 0 radical (unpaired) electrons. The number of nitrogens with zero attached hydrogens (tertiary/aromatic N) is 3.